The standard InChI is InChI=1S/C25H30N2O4S2.C16H20N2O3S2.C12H18N2O.C9H8BrF3O.C4H3ClO2S2/c1-25(2,28)20-9-11-21(12-10-20)27-14-13-26(33(29,30)24-8-5-15-32-24)18-22(27)16-19-6-4-7-23(17-19)31-3;1-21-15-5-2-4-13(11-15)10-14-12-18(8-7-17-14)23(19,20)16-6-3-9-22-16;1-15-12-4-2-3-10(8-12)7-11-9-13-5-6-14-11;1-8(14,9(11,12)13)6-2-4-7(10)5-3-6;5-9(6,7)4-2-1-3-8-4/h4-12,15,17,22,28H,13-14,16,18H2,1-3H3;2-6,9,11,14,17H,7-8,10,12H2,1H3;2-4,8,11,13-14H,5-7,9H2,1H3;2-5,14H,1H3;1-3H. The molecule has 94 heavy (non-hydrogen) atoms. The number of hydrogen-bond donors (Lipinski definition) is 5. The molecule has 6 heterocycles. The second kappa shape index (κ2) is 34.6. The van der Waals surface area contributed by atoms with E-state index in [2.05, 4.69) is 48.9 Å². The molecule has 3 aromatic heterocycles. The van der Waals surface area contributed by atoms with Gasteiger partial charge in [0.1, 0.15) is 29.9 Å². The molecule has 17 nitrogen and oxygen atoms in total. The summed E-state index contributed by atoms with van der Waals surface area (Å²) in [6.07, 6.45) is -2.15. The predicted molar refractivity (Wildman–Crippen MR) is 373 cm³/mol. The third-order valence-corrected chi connectivity index (χ3v) is 25.4. The van der Waals surface area contributed by atoms with E-state index in [0.29, 0.717) is 64.6 Å². The van der Waals surface area contributed by atoms with Gasteiger partial charge in [0.2, 0.25) is 0 Å². The number of methoxy groups -OCH3 is 3. The van der Waals surface area contributed by atoms with Crippen LogP contribution in [0.1, 0.15) is 48.6 Å². The second-order valence-corrected chi connectivity index (χ2v) is 33.5. The van der Waals surface area contributed by atoms with Gasteiger partial charge in [-0.25, -0.2) is 25.3 Å². The minimum atomic E-state index is -4.67. The van der Waals surface area contributed by atoms with Crippen LogP contribution in [0.25, 0.3) is 0 Å². The van der Waals surface area contributed by atoms with Crippen molar-refractivity contribution in [3.63, 3.8) is 0 Å². The smallest absolute Gasteiger partial charge is 0.421 e. The van der Waals surface area contributed by atoms with Crippen molar-refractivity contribution in [2.75, 3.05) is 85.1 Å². The van der Waals surface area contributed by atoms with Gasteiger partial charge in [-0.3, -0.25) is 0 Å². The van der Waals surface area contributed by atoms with Gasteiger partial charge in [-0.2, -0.15) is 21.8 Å². The summed E-state index contributed by atoms with van der Waals surface area (Å²) < 4.78 is 130. The number of aliphatic hydroxyl groups is 2. The van der Waals surface area contributed by atoms with Gasteiger partial charge in [0.15, 0.2) is 5.60 Å². The average molecular weight is 1500 g/mol. The van der Waals surface area contributed by atoms with Crippen LogP contribution in [-0.2, 0) is 59.6 Å². The van der Waals surface area contributed by atoms with Crippen molar-refractivity contribution in [3.05, 3.63) is 206 Å². The highest BCUT2D eigenvalue weighted by Crippen LogP contribution is 2.39. The first-order valence-corrected chi connectivity index (χ1v) is 38.4. The Morgan fingerprint density at radius 2 is 1.01 bits per heavy atom. The first-order valence-electron chi connectivity index (χ1n) is 29.8. The minimum Gasteiger partial charge on any atom is -0.497 e. The molecule has 28 heteroatoms. The van der Waals surface area contributed by atoms with Crippen molar-refractivity contribution >= 4 is 95.4 Å². The molecule has 5 aromatic carbocycles. The van der Waals surface area contributed by atoms with E-state index >= 15 is 0 Å². The van der Waals surface area contributed by atoms with Gasteiger partial charge >= 0.3 is 6.18 Å². The van der Waals surface area contributed by atoms with Crippen LogP contribution in [0.15, 0.2) is 191 Å². The maximum absolute atomic E-state index is 13.2. The van der Waals surface area contributed by atoms with Crippen LogP contribution < -0.4 is 35.1 Å². The first kappa shape index (κ1) is 75.9. The fourth-order valence-electron chi connectivity index (χ4n) is 10.3. The highest BCUT2D eigenvalue weighted by Gasteiger charge is 2.51. The summed E-state index contributed by atoms with van der Waals surface area (Å²) in [7, 11) is -0.378. The van der Waals surface area contributed by atoms with Gasteiger partial charge < -0.3 is 45.3 Å². The number of rotatable bonds is 17. The third kappa shape index (κ3) is 22.0. The lowest BCUT2D eigenvalue weighted by Crippen LogP contribution is -2.55. The molecule has 3 fully saturated rings. The Balaban J connectivity index is 0.000000178. The number of thiophene rings is 3. The molecule has 0 bridgehead atoms. The summed E-state index contributed by atoms with van der Waals surface area (Å²) in [5, 5.41) is 35.1. The van der Waals surface area contributed by atoms with E-state index < -0.39 is 46.5 Å². The molecule has 4 atom stereocenters. The fraction of sp³-hybridized carbons (Fsp3) is 0.364. The molecular formula is C66H79BrClF3N6O11S6. The molecule has 0 amide bonds. The maximum Gasteiger partial charge on any atom is 0.421 e. The Morgan fingerprint density at radius 1 is 0.553 bits per heavy atom. The molecule has 0 radical (unpaired) electrons. The summed E-state index contributed by atoms with van der Waals surface area (Å²) in [4.78, 5) is 2.27. The molecule has 0 aliphatic carbocycles. The Hall–Kier alpha value is -5.47. The number of alkyl halides is 3. The number of hydrogen-bond acceptors (Lipinski definition) is 18. The summed E-state index contributed by atoms with van der Waals surface area (Å²) in [6, 6.07) is 47.9. The molecule has 3 aliphatic heterocycles. The Bertz CT molecular complexity index is 3940. The van der Waals surface area contributed by atoms with Crippen LogP contribution in [-0.4, -0.2) is 149 Å². The van der Waals surface area contributed by atoms with Crippen LogP contribution in [0.4, 0.5) is 18.9 Å². The number of piperazine rings is 3. The van der Waals surface area contributed by atoms with Crippen molar-refractivity contribution in [2.24, 2.45) is 0 Å². The van der Waals surface area contributed by atoms with Crippen molar-refractivity contribution in [3.8, 4) is 17.2 Å². The van der Waals surface area contributed by atoms with Gasteiger partial charge in [-0.1, -0.05) is 94.8 Å². The van der Waals surface area contributed by atoms with Crippen LogP contribution in [0.2, 0.25) is 0 Å². The molecule has 8 aromatic rings. The molecule has 510 valence electrons. The van der Waals surface area contributed by atoms with E-state index in [0.717, 1.165) is 90.4 Å². The van der Waals surface area contributed by atoms with Crippen molar-refractivity contribution in [1.82, 2.24) is 24.6 Å². The number of nitrogens with one attached hydrogen (secondary N) is 3. The molecule has 11 rings (SSSR count). The highest BCUT2D eigenvalue weighted by molar-refractivity contribution is 9.10. The van der Waals surface area contributed by atoms with Gasteiger partial charge in [-0.05, 0) is 163 Å². The summed E-state index contributed by atoms with van der Waals surface area (Å²) >= 11 is 6.73. The predicted octanol–water partition coefficient (Wildman–Crippen LogP) is 11.8. The van der Waals surface area contributed by atoms with E-state index in [1.54, 1.807) is 90.3 Å². The number of benzene rings is 5. The van der Waals surface area contributed by atoms with Gasteiger partial charge in [0.25, 0.3) is 29.1 Å². The van der Waals surface area contributed by atoms with Crippen molar-refractivity contribution < 1.29 is 62.8 Å². The number of ether oxygens (including phenoxy) is 3. The molecule has 3 saturated heterocycles. The highest BCUT2D eigenvalue weighted by atomic mass is 79.9. The first-order chi connectivity index (χ1) is 44.5. The number of sulfonamides is 2. The Kier molecular flexibility index (Phi) is 28.0. The molecule has 0 spiro atoms. The average Bonchev–Trinajstić information content (AvgIpc) is 1.07. The van der Waals surface area contributed by atoms with E-state index in [1.165, 1.54) is 58.6 Å². The fourth-order valence-corrected chi connectivity index (χ4v) is 17.6. The summed E-state index contributed by atoms with van der Waals surface area (Å²) in [6.45, 7) is 10.5. The third-order valence-electron chi connectivity index (χ3n) is 15.4. The van der Waals surface area contributed by atoms with E-state index in [-0.39, 0.29) is 21.9 Å². The quantitative estimate of drug-likeness (QED) is 0.0536. The zero-order chi connectivity index (χ0) is 68.3. The second-order valence-electron chi connectivity index (χ2n) is 22.7. The van der Waals surface area contributed by atoms with Crippen LogP contribution in [0.3, 0.4) is 0 Å². The van der Waals surface area contributed by atoms with Gasteiger partial charge in [-0.15, -0.1) is 34.0 Å². The molecule has 0 saturated carbocycles. The summed E-state index contributed by atoms with van der Waals surface area (Å²) in [5.41, 5.74) is 1.53. The molecule has 5 N–H and O–H groups in total. The zero-order valence-electron chi connectivity index (χ0n) is 52.7. The lowest BCUT2D eigenvalue weighted by atomic mass is 9.96. The van der Waals surface area contributed by atoms with Crippen LogP contribution >= 0.6 is 60.6 Å². The van der Waals surface area contributed by atoms with Gasteiger partial charge in [0, 0.05) is 97.9 Å². The SMILES string of the molecule is CC(O)(c1ccc(Br)cc1)C(F)(F)F.COc1cccc(CC2CN(S(=O)(=O)c3cccs3)CCN2)c1.COc1cccc(CC2CN(S(=O)(=O)c3cccs3)CCN2c2ccc(C(C)(C)O)cc2)c1.COc1cccc(CC2CNCCN2)c1.O=S(=O)(Cl)c1cccs1. The molecule has 4 unspecified atom stereocenters. The lowest BCUT2D eigenvalue weighted by Gasteiger charge is -2.42. The normalized spacial score (nSPS) is 18.0. The van der Waals surface area contributed by atoms with Crippen LogP contribution in [0.5, 0.6) is 17.2 Å². The van der Waals surface area contributed by atoms with E-state index in [9.17, 15) is 48.6 Å². The number of halogens is 5. The Morgan fingerprint density at radius 3 is 1.44 bits per heavy atom. The summed E-state index contributed by atoms with van der Waals surface area (Å²) in [5.74, 6) is 2.55. The Labute approximate surface area is 575 Å². The molecular weight excluding hydrogens is 1420 g/mol. The van der Waals surface area contributed by atoms with Gasteiger partial charge in [0.05, 0.1) is 26.9 Å². The van der Waals surface area contributed by atoms with Crippen LogP contribution in [0, 0.1) is 0 Å². The zero-order valence-corrected chi connectivity index (χ0v) is 60.0. The lowest BCUT2D eigenvalue weighted by molar-refractivity contribution is -0.258. The van der Waals surface area contributed by atoms with E-state index in [4.69, 9.17) is 24.9 Å². The van der Waals surface area contributed by atoms with Crippen molar-refractivity contribution in [2.45, 2.75) is 88.2 Å². The maximum atomic E-state index is 13.2. The largest absolute Gasteiger partial charge is 0.497 e. The minimum absolute atomic E-state index is 0.0476. The number of anilines is 1. The monoisotopic (exact) mass is 1490 g/mol. The van der Waals surface area contributed by atoms with E-state index in [1.807, 2.05) is 84.9 Å². The molecule has 3 aliphatic rings. The number of nitrogens with zero attached hydrogens (tertiary/aromatic N) is 3. The topological polar surface area (TPSA) is 216 Å². The van der Waals surface area contributed by atoms with Crippen molar-refractivity contribution in [1.29, 1.82) is 0 Å².